The van der Waals surface area contributed by atoms with Crippen molar-refractivity contribution in [3.8, 4) is 0 Å². The highest BCUT2D eigenvalue weighted by Gasteiger charge is 2.14. The highest BCUT2D eigenvalue weighted by molar-refractivity contribution is 6.30. The first-order valence-electron chi connectivity index (χ1n) is 6.53. The Morgan fingerprint density at radius 3 is 2.60 bits per heavy atom. The Labute approximate surface area is 122 Å². The highest BCUT2D eigenvalue weighted by Crippen LogP contribution is 2.22. The quantitative estimate of drug-likeness (QED) is 0.788. The second-order valence-electron chi connectivity index (χ2n) is 4.67. The van der Waals surface area contributed by atoms with E-state index in [0.29, 0.717) is 6.42 Å². The van der Waals surface area contributed by atoms with E-state index in [-0.39, 0.29) is 6.04 Å². The fraction of sp³-hybridized carbons (Fsp3) is 0.188. The molecule has 0 aliphatic heterocycles. The summed E-state index contributed by atoms with van der Waals surface area (Å²) in [6, 6.07) is 15.8. The molecule has 20 heavy (non-hydrogen) atoms. The lowest BCUT2D eigenvalue weighted by molar-refractivity contribution is 0.474. The number of halogens is 1. The van der Waals surface area contributed by atoms with E-state index in [2.05, 4.69) is 10.3 Å². The zero-order valence-corrected chi connectivity index (χ0v) is 11.9. The molecule has 2 aromatic carbocycles. The van der Waals surface area contributed by atoms with Crippen LogP contribution in [0.15, 0.2) is 52.9 Å². The molecule has 1 aromatic heterocycles. The van der Waals surface area contributed by atoms with Crippen molar-refractivity contribution in [1.82, 2.24) is 10.3 Å². The van der Waals surface area contributed by atoms with Gasteiger partial charge in [0, 0.05) is 17.5 Å². The van der Waals surface area contributed by atoms with Gasteiger partial charge >= 0.3 is 0 Å². The van der Waals surface area contributed by atoms with Gasteiger partial charge in [-0.1, -0.05) is 35.9 Å². The first-order valence-corrected chi connectivity index (χ1v) is 6.91. The van der Waals surface area contributed by atoms with Gasteiger partial charge in [0.15, 0.2) is 11.5 Å². The Morgan fingerprint density at radius 2 is 1.90 bits per heavy atom. The van der Waals surface area contributed by atoms with Crippen molar-refractivity contribution in [1.29, 1.82) is 0 Å². The van der Waals surface area contributed by atoms with Crippen LogP contribution < -0.4 is 5.32 Å². The Morgan fingerprint density at radius 1 is 1.15 bits per heavy atom. The molecule has 4 heteroatoms. The predicted molar refractivity (Wildman–Crippen MR) is 81.0 cm³/mol. The molecule has 0 aliphatic carbocycles. The predicted octanol–water partition coefficient (Wildman–Crippen LogP) is 3.98. The monoisotopic (exact) mass is 286 g/mol. The van der Waals surface area contributed by atoms with Gasteiger partial charge in [0.2, 0.25) is 0 Å². The molecule has 3 rings (SSSR count). The van der Waals surface area contributed by atoms with Crippen LogP contribution in [0.3, 0.4) is 0 Å². The summed E-state index contributed by atoms with van der Waals surface area (Å²) in [6.45, 7) is 0. The van der Waals surface area contributed by atoms with Gasteiger partial charge in [-0.15, -0.1) is 0 Å². The smallest absolute Gasteiger partial charge is 0.197 e. The minimum atomic E-state index is 0.153. The first kappa shape index (κ1) is 13.2. The maximum atomic E-state index is 5.92. The zero-order chi connectivity index (χ0) is 13.9. The van der Waals surface area contributed by atoms with Crippen LogP contribution in [0, 0.1) is 0 Å². The molecule has 0 saturated heterocycles. The van der Waals surface area contributed by atoms with E-state index in [1.54, 1.807) is 0 Å². The highest BCUT2D eigenvalue weighted by atomic mass is 35.5. The molecule has 0 spiro atoms. The third kappa shape index (κ3) is 2.69. The molecule has 102 valence electrons. The number of likely N-dealkylation sites (N-methyl/N-ethyl adjacent to an activating group) is 1. The number of rotatable bonds is 4. The number of nitrogens with zero attached hydrogens (tertiary/aromatic N) is 1. The standard InChI is InChI=1S/C16H15ClN2O/c1-18-14(11-6-8-12(17)9-7-11)10-16-19-13-4-2-3-5-15(13)20-16/h2-9,14,18H,10H2,1H3. The molecule has 1 heterocycles. The Kier molecular flexibility index (Phi) is 3.72. The molecule has 1 N–H and O–H groups in total. The summed E-state index contributed by atoms with van der Waals surface area (Å²) in [6.07, 6.45) is 0.701. The lowest BCUT2D eigenvalue weighted by Gasteiger charge is -2.14. The van der Waals surface area contributed by atoms with E-state index in [0.717, 1.165) is 22.0 Å². The van der Waals surface area contributed by atoms with Crippen LogP contribution in [0.2, 0.25) is 5.02 Å². The van der Waals surface area contributed by atoms with Crippen molar-refractivity contribution < 1.29 is 4.42 Å². The second kappa shape index (κ2) is 5.65. The van der Waals surface area contributed by atoms with Crippen molar-refractivity contribution >= 4 is 22.7 Å². The summed E-state index contributed by atoms with van der Waals surface area (Å²) in [5.74, 6) is 0.737. The van der Waals surface area contributed by atoms with Gasteiger partial charge in [-0.3, -0.25) is 0 Å². The molecule has 0 saturated carbocycles. The molecule has 3 nitrogen and oxygen atoms in total. The molecule has 1 unspecified atom stereocenters. The van der Waals surface area contributed by atoms with Crippen LogP contribution in [0.1, 0.15) is 17.5 Å². The lowest BCUT2D eigenvalue weighted by Crippen LogP contribution is -2.18. The third-order valence-corrected chi connectivity index (χ3v) is 3.59. The van der Waals surface area contributed by atoms with Gasteiger partial charge in [-0.05, 0) is 36.9 Å². The molecule has 0 bridgehead atoms. The second-order valence-corrected chi connectivity index (χ2v) is 5.11. The Balaban J connectivity index is 1.85. The van der Waals surface area contributed by atoms with E-state index in [4.69, 9.17) is 16.0 Å². The number of benzene rings is 2. The zero-order valence-electron chi connectivity index (χ0n) is 11.1. The van der Waals surface area contributed by atoms with Crippen LogP contribution in [-0.4, -0.2) is 12.0 Å². The van der Waals surface area contributed by atoms with Gasteiger partial charge in [0.1, 0.15) is 5.52 Å². The maximum Gasteiger partial charge on any atom is 0.197 e. The minimum Gasteiger partial charge on any atom is -0.441 e. The van der Waals surface area contributed by atoms with E-state index in [1.807, 2.05) is 55.6 Å². The minimum absolute atomic E-state index is 0.153. The Hall–Kier alpha value is -1.84. The van der Waals surface area contributed by atoms with Gasteiger partial charge in [-0.2, -0.15) is 0 Å². The van der Waals surface area contributed by atoms with Crippen molar-refractivity contribution in [3.05, 3.63) is 65.0 Å². The van der Waals surface area contributed by atoms with E-state index in [9.17, 15) is 0 Å². The number of aromatic nitrogens is 1. The topological polar surface area (TPSA) is 38.1 Å². The molecule has 0 fully saturated rings. The molecular weight excluding hydrogens is 272 g/mol. The number of oxazole rings is 1. The number of para-hydroxylation sites is 2. The lowest BCUT2D eigenvalue weighted by atomic mass is 10.0. The number of nitrogens with one attached hydrogen (secondary N) is 1. The largest absolute Gasteiger partial charge is 0.441 e. The third-order valence-electron chi connectivity index (χ3n) is 3.34. The summed E-state index contributed by atoms with van der Waals surface area (Å²) in [7, 11) is 1.93. The van der Waals surface area contributed by atoms with E-state index in [1.165, 1.54) is 5.56 Å². The summed E-state index contributed by atoms with van der Waals surface area (Å²) in [5.41, 5.74) is 2.89. The summed E-state index contributed by atoms with van der Waals surface area (Å²) in [4.78, 5) is 4.51. The summed E-state index contributed by atoms with van der Waals surface area (Å²) >= 11 is 5.92. The SMILES string of the molecule is CNC(Cc1nc2ccccc2o1)c1ccc(Cl)cc1. The number of fused-ring (bicyclic) bond motifs is 1. The number of hydrogen-bond donors (Lipinski definition) is 1. The summed E-state index contributed by atoms with van der Waals surface area (Å²) in [5, 5.41) is 4.03. The van der Waals surface area contributed by atoms with Crippen LogP contribution in [0.25, 0.3) is 11.1 Å². The molecule has 0 amide bonds. The molecular formula is C16H15ClN2O. The fourth-order valence-corrected chi connectivity index (χ4v) is 2.39. The van der Waals surface area contributed by atoms with E-state index < -0.39 is 0 Å². The molecule has 0 radical (unpaired) electrons. The van der Waals surface area contributed by atoms with Crippen LogP contribution >= 0.6 is 11.6 Å². The average Bonchev–Trinajstić information content (AvgIpc) is 2.88. The maximum absolute atomic E-state index is 5.92. The van der Waals surface area contributed by atoms with Gasteiger partial charge in [-0.25, -0.2) is 4.98 Å². The van der Waals surface area contributed by atoms with Gasteiger partial charge in [0.05, 0.1) is 0 Å². The van der Waals surface area contributed by atoms with Crippen molar-refractivity contribution in [2.45, 2.75) is 12.5 Å². The normalized spacial score (nSPS) is 12.7. The van der Waals surface area contributed by atoms with Crippen LogP contribution in [0.4, 0.5) is 0 Å². The Bertz CT molecular complexity index is 673. The van der Waals surface area contributed by atoms with Crippen molar-refractivity contribution in [2.24, 2.45) is 0 Å². The van der Waals surface area contributed by atoms with Crippen LogP contribution in [-0.2, 0) is 6.42 Å². The average molecular weight is 287 g/mol. The molecule has 0 aliphatic rings. The molecule has 3 aromatic rings. The van der Waals surface area contributed by atoms with Crippen molar-refractivity contribution in [2.75, 3.05) is 7.05 Å². The fourth-order valence-electron chi connectivity index (χ4n) is 2.26. The van der Waals surface area contributed by atoms with Gasteiger partial charge < -0.3 is 9.73 Å². The van der Waals surface area contributed by atoms with Crippen LogP contribution in [0.5, 0.6) is 0 Å². The van der Waals surface area contributed by atoms with Gasteiger partial charge in [0.25, 0.3) is 0 Å². The molecule has 1 atom stereocenters. The number of hydrogen-bond acceptors (Lipinski definition) is 3. The van der Waals surface area contributed by atoms with Crippen molar-refractivity contribution in [3.63, 3.8) is 0 Å². The first-order chi connectivity index (χ1) is 9.76. The van der Waals surface area contributed by atoms with E-state index >= 15 is 0 Å². The summed E-state index contributed by atoms with van der Waals surface area (Å²) < 4.78 is 5.77.